The topological polar surface area (TPSA) is 105 Å². The lowest BCUT2D eigenvalue weighted by molar-refractivity contribution is -0.162. The molecule has 0 bridgehead atoms. The minimum absolute atomic E-state index is 0.0119. The SMILES string of the molecule is CCC(=O)OCC(CCCN)(COC(=O)CCS)COC(=O)CCS. The lowest BCUT2D eigenvalue weighted by Crippen LogP contribution is -2.40. The lowest BCUT2D eigenvalue weighted by atomic mass is 9.85. The molecule has 0 rings (SSSR count). The highest BCUT2D eigenvalue weighted by Crippen LogP contribution is 2.27. The van der Waals surface area contributed by atoms with E-state index in [0.717, 1.165) is 0 Å². The predicted octanol–water partition coefficient (Wildman–Crippen LogP) is 1.39. The number of hydrogen-bond donors (Lipinski definition) is 3. The molecule has 0 aliphatic heterocycles. The molecule has 0 saturated heterocycles. The summed E-state index contributed by atoms with van der Waals surface area (Å²) in [5.41, 5.74) is 4.76. The van der Waals surface area contributed by atoms with E-state index >= 15 is 0 Å². The molecular weight excluding hydrogens is 366 g/mol. The third kappa shape index (κ3) is 11.3. The van der Waals surface area contributed by atoms with Gasteiger partial charge in [0.1, 0.15) is 19.8 Å². The third-order valence-corrected chi connectivity index (χ3v) is 3.90. The summed E-state index contributed by atoms with van der Waals surface area (Å²) in [6, 6.07) is 0. The van der Waals surface area contributed by atoms with E-state index in [4.69, 9.17) is 19.9 Å². The number of carbonyl (C=O) groups excluding carboxylic acids is 3. The second-order valence-electron chi connectivity index (χ2n) is 5.68. The summed E-state index contributed by atoms with van der Waals surface area (Å²) in [7, 11) is 0. The van der Waals surface area contributed by atoms with Gasteiger partial charge in [-0.25, -0.2) is 0 Å². The van der Waals surface area contributed by atoms with Crippen LogP contribution in [0.15, 0.2) is 0 Å². The number of rotatable bonds is 14. The Kier molecular flexibility index (Phi) is 13.7. The first-order chi connectivity index (χ1) is 11.9. The molecule has 0 aliphatic rings. The fourth-order valence-electron chi connectivity index (χ4n) is 1.95. The number of hydrogen-bond acceptors (Lipinski definition) is 9. The summed E-state index contributed by atoms with van der Waals surface area (Å²) >= 11 is 7.98. The van der Waals surface area contributed by atoms with Crippen molar-refractivity contribution in [1.82, 2.24) is 0 Å². The zero-order chi connectivity index (χ0) is 19.1. The Balaban J connectivity index is 5.06. The van der Waals surface area contributed by atoms with Crippen LogP contribution in [0.4, 0.5) is 0 Å². The molecule has 0 aromatic carbocycles. The van der Waals surface area contributed by atoms with Crippen LogP contribution in [0.3, 0.4) is 0 Å². The van der Waals surface area contributed by atoms with Gasteiger partial charge in [-0.05, 0) is 19.4 Å². The van der Waals surface area contributed by atoms with Crippen LogP contribution in [0.1, 0.15) is 39.0 Å². The Bertz CT molecular complexity index is 397. The minimum Gasteiger partial charge on any atom is -0.465 e. The second-order valence-corrected chi connectivity index (χ2v) is 6.57. The molecule has 0 aliphatic carbocycles. The molecule has 0 spiro atoms. The van der Waals surface area contributed by atoms with Crippen molar-refractivity contribution < 1.29 is 28.6 Å². The first kappa shape index (κ1) is 24.1. The van der Waals surface area contributed by atoms with Gasteiger partial charge in [-0.2, -0.15) is 25.3 Å². The maximum absolute atomic E-state index is 11.7. The van der Waals surface area contributed by atoms with E-state index in [1.165, 1.54) is 0 Å². The number of nitrogens with two attached hydrogens (primary N) is 1. The van der Waals surface area contributed by atoms with Gasteiger partial charge in [0.15, 0.2) is 0 Å². The molecule has 0 saturated carbocycles. The van der Waals surface area contributed by atoms with Gasteiger partial charge in [-0.15, -0.1) is 0 Å². The van der Waals surface area contributed by atoms with E-state index in [1.807, 2.05) is 0 Å². The van der Waals surface area contributed by atoms with Crippen LogP contribution in [-0.4, -0.2) is 55.8 Å². The highest BCUT2D eigenvalue weighted by Gasteiger charge is 2.35. The summed E-state index contributed by atoms with van der Waals surface area (Å²) < 4.78 is 15.8. The summed E-state index contributed by atoms with van der Waals surface area (Å²) in [5, 5.41) is 0. The van der Waals surface area contributed by atoms with Crippen molar-refractivity contribution in [2.45, 2.75) is 39.0 Å². The normalized spacial score (nSPS) is 11.0. The van der Waals surface area contributed by atoms with Gasteiger partial charge in [0.05, 0.1) is 18.3 Å². The van der Waals surface area contributed by atoms with Crippen LogP contribution in [0, 0.1) is 5.41 Å². The molecule has 0 atom stereocenters. The molecule has 0 fully saturated rings. The Hall–Kier alpha value is -0.930. The third-order valence-electron chi connectivity index (χ3n) is 3.45. The van der Waals surface area contributed by atoms with Gasteiger partial charge < -0.3 is 19.9 Å². The van der Waals surface area contributed by atoms with Crippen molar-refractivity contribution in [3.63, 3.8) is 0 Å². The molecule has 0 amide bonds. The van der Waals surface area contributed by atoms with Crippen molar-refractivity contribution in [2.24, 2.45) is 11.1 Å². The Morgan fingerprint density at radius 1 is 0.880 bits per heavy atom. The smallest absolute Gasteiger partial charge is 0.306 e. The van der Waals surface area contributed by atoms with Crippen molar-refractivity contribution in [1.29, 1.82) is 0 Å². The monoisotopic (exact) mass is 395 g/mol. The molecule has 2 N–H and O–H groups in total. The van der Waals surface area contributed by atoms with Crippen molar-refractivity contribution in [3.8, 4) is 0 Å². The molecule has 146 valence electrons. The maximum Gasteiger partial charge on any atom is 0.306 e. The molecular formula is C16H29NO6S2. The van der Waals surface area contributed by atoms with Crippen LogP contribution in [0.25, 0.3) is 0 Å². The van der Waals surface area contributed by atoms with Crippen LogP contribution in [0.2, 0.25) is 0 Å². The Morgan fingerprint density at radius 2 is 1.32 bits per heavy atom. The van der Waals surface area contributed by atoms with E-state index in [-0.39, 0.29) is 45.1 Å². The van der Waals surface area contributed by atoms with Gasteiger partial charge >= 0.3 is 17.9 Å². The first-order valence-electron chi connectivity index (χ1n) is 8.31. The lowest BCUT2D eigenvalue weighted by Gasteiger charge is -2.32. The predicted molar refractivity (Wildman–Crippen MR) is 101 cm³/mol. The van der Waals surface area contributed by atoms with E-state index in [0.29, 0.717) is 30.9 Å². The van der Waals surface area contributed by atoms with E-state index in [2.05, 4.69) is 25.3 Å². The number of thiol groups is 2. The molecule has 25 heavy (non-hydrogen) atoms. The van der Waals surface area contributed by atoms with E-state index in [1.54, 1.807) is 6.92 Å². The van der Waals surface area contributed by atoms with Crippen LogP contribution in [-0.2, 0) is 28.6 Å². The zero-order valence-corrected chi connectivity index (χ0v) is 16.5. The largest absolute Gasteiger partial charge is 0.465 e. The van der Waals surface area contributed by atoms with Gasteiger partial charge in [0.2, 0.25) is 0 Å². The second kappa shape index (κ2) is 14.3. The minimum atomic E-state index is -0.817. The molecule has 0 aromatic heterocycles. The number of esters is 3. The summed E-state index contributed by atoms with van der Waals surface area (Å²) in [6.45, 7) is 2.04. The van der Waals surface area contributed by atoms with Crippen LogP contribution < -0.4 is 5.73 Å². The fraction of sp³-hybridized carbons (Fsp3) is 0.812. The van der Waals surface area contributed by atoms with Crippen LogP contribution in [0.5, 0.6) is 0 Å². The van der Waals surface area contributed by atoms with Crippen molar-refractivity contribution >= 4 is 43.2 Å². The quantitative estimate of drug-likeness (QED) is 0.232. The number of carbonyl (C=O) groups is 3. The Morgan fingerprint density at radius 3 is 1.68 bits per heavy atom. The van der Waals surface area contributed by atoms with Gasteiger partial charge in [0, 0.05) is 17.9 Å². The Labute approximate surface area is 160 Å². The van der Waals surface area contributed by atoms with Gasteiger partial charge in [-0.3, -0.25) is 14.4 Å². The molecule has 0 unspecified atom stereocenters. The highest BCUT2D eigenvalue weighted by molar-refractivity contribution is 7.80. The van der Waals surface area contributed by atoms with Crippen molar-refractivity contribution in [2.75, 3.05) is 37.9 Å². The molecule has 0 heterocycles. The molecule has 0 radical (unpaired) electrons. The van der Waals surface area contributed by atoms with E-state index < -0.39 is 17.4 Å². The van der Waals surface area contributed by atoms with Gasteiger partial charge in [0.25, 0.3) is 0 Å². The van der Waals surface area contributed by atoms with Crippen molar-refractivity contribution in [3.05, 3.63) is 0 Å². The number of ether oxygens (including phenoxy) is 3. The highest BCUT2D eigenvalue weighted by atomic mass is 32.1. The average Bonchev–Trinajstić information content (AvgIpc) is 2.60. The summed E-state index contributed by atoms with van der Waals surface area (Å²) in [5.74, 6) is -0.445. The maximum atomic E-state index is 11.7. The van der Waals surface area contributed by atoms with Gasteiger partial charge in [-0.1, -0.05) is 6.92 Å². The average molecular weight is 396 g/mol. The standard InChI is InChI=1S/C16H29NO6S2/c1-2-13(18)21-10-16(6-3-7-17,11-22-14(19)4-8-24)12-23-15(20)5-9-25/h24-25H,2-12,17H2,1H3. The fourth-order valence-corrected chi connectivity index (χ4v) is 2.31. The molecule has 7 nitrogen and oxygen atoms in total. The van der Waals surface area contributed by atoms with E-state index in [9.17, 15) is 14.4 Å². The zero-order valence-electron chi connectivity index (χ0n) is 14.7. The first-order valence-corrected chi connectivity index (χ1v) is 9.58. The van der Waals surface area contributed by atoms with Crippen LogP contribution >= 0.6 is 25.3 Å². The summed E-state index contributed by atoms with van der Waals surface area (Å²) in [6.07, 6.45) is 1.67. The molecule has 9 heteroatoms. The molecule has 0 aromatic rings. The summed E-state index contributed by atoms with van der Waals surface area (Å²) in [4.78, 5) is 34.9.